The first kappa shape index (κ1) is 12.6. The zero-order valence-electron chi connectivity index (χ0n) is 10.9. The molecule has 0 saturated heterocycles. The maximum atomic E-state index is 7.80. The fraction of sp³-hybridized carbons (Fsp3) is 0.0667. The van der Waals surface area contributed by atoms with Crippen LogP contribution < -0.4 is 9.54 Å². The summed E-state index contributed by atoms with van der Waals surface area (Å²) < 4.78 is 7.13. The van der Waals surface area contributed by atoms with Crippen molar-refractivity contribution in [3.8, 4) is 22.8 Å². The first-order chi connectivity index (χ1) is 9.78. The molecule has 3 aromatic rings. The first-order valence-corrected chi connectivity index (χ1v) is 6.90. The van der Waals surface area contributed by atoms with E-state index in [0.29, 0.717) is 4.80 Å². The van der Waals surface area contributed by atoms with Crippen molar-refractivity contribution in [1.82, 2.24) is 8.94 Å². The molecule has 5 heteroatoms. The number of para-hydroxylation sites is 1. The lowest BCUT2D eigenvalue weighted by atomic mass is 10.2. The second-order valence-corrected chi connectivity index (χ2v) is 5.12. The van der Waals surface area contributed by atoms with Gasteiger partial charge in [-0.25, -0.2) is 3.96 Å². The van der Waals surface area contributed by atoms with Crippen LogP contribution in [0.5, 0.6) is 5.75 Å². The first-order valence-electron chi connectivity index (χ1n) is 6.13. The van der Waals surface area contributed by atoms with Crippen LogP contribution in [0, 0.1) is 5.41 Å². The van der Waals surface area contributed by atoms with Gasteiger partial charge in [0, 0.05) is 5.56 Å². The number of nitrogens with one attached hydrogen (secondary N) is 1. The Kier molecular flexibility index (Phi) is 3.35. The molecule has 0 aliphatic rings. The molecule has 3 rings (SSSR count). The van der Waals surface area contributed by atoms with Crippen LogP contribution in [0.3, 0.4) is 0 Å². The molecule has 0 bridgehead atoms. The van der Waals surface area contributed by atoms with Crippen molar-refractivity contribution < 1.29 is 4.74 Å². The van der Waals surface area contributed by atoms with Gasteiger partial charge in [-0.05, 0) is 47.9 Å². The Labute approximate surface area is 120 Å². The van der Waals surface area contributed by atoms with Crippen LogP contribution >= 0.6 is 11.5 Å². The molecule has 20 heavy (non-hydrogen) atoms. The molecule has 0 unspecified atom stereocenters. The number of rotatable bonds is 3. The molecule has 0 spiro atoms. The van der Waals surface area contributed by atoms with E-state index in [0.717, 1.165) is 22.8 Å². The Morgan fingerprint density at radius 1 is 1.05 bits per heavy atom. The van der Waals surface area contributed by atoms with Crippen molar-refractivity contribution >= 4 is 11.5 Å². The van der Waals surface area contributed by atoms with E-state index in [1.807, 2.05) is 58.6 Å². The molecule has 1 N–H and O–H groups in total. The Morgan fingerprint density at radius 2 is 1.75 bits per heavy atom. The fourth-order valence-electron chi connectivity index (χ4n) is 1.95. The summed E-state index contributed by atoms with van der Waals surface area (Å²) in [6, 6.07) is 17.6. The van der Waals surface area contributed by atoms with Crippen molar-refractivity contribution in [2.45, 2.75) is 0 Å². The molecule has 4 nitrogen and oxygen atoms in total. The van der Waals surface area contributed by atoms with Crippen LogP contribution in [0.1, 0.15) is 0 Å². The molecule has 1 heterocycles. The number of hydrogen-bond acceptors (Lipinski definition) is 4. The number of ether oxygens (including phenoxy) is 1. The minimum Gasteiger partial charge on any atom is -0.497 e. The molecule has 0 saturated carbocycles. The summed E-state index contributed by atoms with van der Waals surface area (Å²) in [5, 5.41) is 7.80. The van der Waals surface area contributed by atoms with E-state index in [9.17, 15) is 0 Å². The molecule has 0 amide bonds. The lowest BCUT2D eigenvalue weighted by Gasteiger charge is -2.06. The average Bonchev–Trinajstić information content (AvgIpc) is 2.90. The monoisotopic (exact) mass is 283 g/mol. The maximum Gasteiger partial charge on any atom is 0.220 e. The van der Waals surface area contributed by atoms with Gasteiger partial charge in [0.05, 0.1) is 12.8 Å². The van der Waals surface area contributed by atoms with Gasteiger partial charge >= 0.3 is 0 Å². The van der Waals surface area contributed by atoms with Crippen molar-refractivity contribution in [1.29, 1.82) is 5.41 Å². The Bertz CT molecular complexity index is 760. The van der Waals surface area contributed by atoms with Gasteiger partial charge in [-0.15, -0.1) is 0 Å². The topological polar surface area (TPSA) is 50.9 Å². The van der Waals surface area contributed by atoms with Crippen molar-refractivity contribution in [2.75, 3.05) is 7.11 Å². The number of methoxy groups -OCH3 is 1. The maximum absolute atomic E-state index is 7.80. The summed E-state index contributed by atoms with van der Waals surface area (Å²) in [7, 11) is 1.64. The zero-order chi connectivity index (χ0) is 13.9. The van der Waals surface area contributed by atoms with Crippen molar-refractivity contribution in [2.24, 2.45) is 0 Å². The average molecular weight is 283 g/mol. The molecule has 0 fully saturated rings. The van der Waals surface area contributed by atoms with Crippen LogP contribution in [0.4, 0.5) is 0 Å². The summed E-state index contributed by atoms with van der Waals surface area (Å²) in [5.41, 5.74) is 1.97. The van der Waals surface area contributed by atoms with E-state index in [1.54, 1.807) is 7.11 Å². The lowest BCUT2D eigenvalue weighted by Crippen LogP contribution is -1.95. The van der Waals surface area contributed by atoms with Crippen LogP contribution in [-0.2, 0) is 0 Å². The van der Waals surface area contributed by atoms with Gasteiger partial charge in [-0.2, -0.15) is 4.98 Å². The zero-order valence-corrected chi connectivity index (χ0v) is 11.7. The van der Waals surface area contributed by atoms with Crippen LogP contribution in [0.15, 0.2) is 54.6 Å². The molecule has 1 aromatic heterocycles. The molecular weight excluding hydrogens is 270 g/mol. The van der Waals surface area contributed by atoms with Crippen LogP contribution in [-0.4, -0.2) is 16.1 Å². The van der Waals surface area contributed by atoms with E-state index in [2.05, 4.69) is 4.98 Å². The van der Waals surface area contributed by atoms with Gasteiger partial charge in [0.1, 0.15) is 5.75 Å². The van der Waals surface area contributed by atoms with Gasteiger partial charge in [0.2, 0.25) is 4.80 Å². The summed E-state index contributed by atoms with van der Waals surface area (Å²) in [6.07, 6.45) is 0. The highest BCUT2D eigenvalue weighted by molar-refractivity contribution is 7.04. The Morgan fingerprint density at radius 3 is 2.40 bits per heavy atom. The third-order valence-electron chi connectivity index (χ3n) is 2.92. The van der Waals surface area contributed by atoms with E-state index < -0.39 is 0 Å². The highest BCUT2D eigenvalue weighted by atomic mass is 32.1. The Balaban J connectivity index is 2.12. The van der Waals surface area contributed by atoms with Gasteiger partial charge in [0.25, 0.3) is 0 Å². The summed E-state index contributed by atoms with van der Waals surface area (Å²) >= 11 is 1.31. The second-order valence-electron chi connectivity index (χ2n) is 4.19. The van der Waals surface area contributed by atoms with Crippen LogP contribution in [0.25, 0.3) is 17.1 Å². The van der Waals surface area contributed by atoms with E-state index in [-0.39, 0.29) is 0 Å². The summed E-state index contributed by atoms with van der Waals surface area (Å²) in [5.74, 6) is 1.58. The van der Waals surface area contributed by atoms with Gasteiger partial charge in [0.15, 0.2) is 5.82 Å². The normalized spacial score (nSPS) is 10.4. The number of benzene rings is 2. The highest BCUT2D eigenvalue weighted by Gasteiger charge is 2.10. The summed E-state index contributed by atoms with van der Waals surface area (Å²) in [6.45, 7) is 0. The van der Waals surface area contributed by atoms with Crippen molar-refractivity contribution in [3.05, 3.63) is 59.4 Å². The number of nitrogens with zero attached hydrogens (tertiary/aromatic N) is 2. The largest absolute Gasteiger partial charge is 0.497 e. The van der Waals surface area contributed by atoms with Gasteiger partial charge in [-0.3, -0.25) is 5.41 Å². The van der Waals surface area contributed by atoms with Gasteiger partial charge in [-0.1, -0.05) is 18.2 Å². The third-order valence-corrected chi connectivity index (χ3v) is 3.75. The van der Waals surface area contributed by atoms with Gasteiger partial charge < -0.3 is 4.74 Å². The molecular formula is C15H13N3OS. The standard InChI is InChI=1S/C15H13N3OS/c1-19-13-9-7-11(8-10-13)14-17-15(16)20-18(14)12-5-3-2-4-6-12/h2-10,16H,1H3. The van der Waals surface area contributed by atoms with E-state index >= 15 is 0 Å². The number of aromatic nitrogens is 2. The second kappa shape index (κ2) is 5.30. The van der Waals surface area contributed by atoms with E-state index in [4.69, 9.17) is 10.1 Å². The molecule has 0 radical (unpaired) electrons. The van der Waals surface area contributed by atoms with Crippen molar-refractivity contribution in [3.63, 3.8) is 0 Å². The molecule has 0 aliphatic heterocycles. The molecule has 0 atom stereocenters. The third kappa shape index (κ3) is 2.35. The van der Waals surface area contributed by atoms with Crippen LogP contribution in [0.2, 0.25) is 0 Å². The SMILES string of the molecule is COc1ccc(-c2nc(=N)sn2-c2ccccc2)cc1. The van der Waals surface area contributed by atoms with E-state index in [1.165, 1.54) is 11.5 Å². The minimum absolute atomic E-state index is 0.291. The molecule has 0 aliphatic carbocycles. The minimum atomic E-state index is 0.291. The quantitative estimate of drug-likeness (QED) is 0.803. The number of hydrogen-bond donors (Lipinski definition) is 1. The highest BCUT2D eigenvalue weighted by Crippen LogP contribution is 2.24. The Hall–Kier alpha value is -2.40. The predicted molar refractivity (Wildman–Crippen MR) is 79.3 cm³/mol. The lowest BCUT2D eigenvalue weighted by molar-refractivity contribution is 0.415. The smallest absolute Gasteiger partial charge is 0.220 e. The summed E-state index contributed by atoms with van der Waals surface area (Å²) in [4.78, 5) is 4.61. The predicted octanol–water partition coefficient (Wildman–Crippen LogP) is 3.09. The molecule has 2 aromatic carbocycles. The molecule has 100 valence electrons. The fourth-order valence-corrected chi connectivity index (χ4v) is 2.71.